The van der Waals surface area contributed by atoms with Gasteiger partial charge in [0.05, 0.1) is 0 Å². The maximum Gasteiger partial charge on any atom is 0.410 e. The molecule has 132 valence electrons. The summed E-state index contributed by atoms with van der Waals surface area (Å²) in [6, 6.07) is 9.66. The van der Waals surface area contributed by atoms with Crippen molar-refractivity contribution < 1.29 is 14.3 Å². The zero-order valence-electron chi connectivity index (χ0n) is 14.7. The van der Waals surface area contributed by atoms with Crippen LogP contribution in [0.3, 0.4) is 0 Å². The van der Waals surface area contributed by atoms with Gasteiger partial charge in [-0.2, -0.15) is 0 Å². The van der Waals surface area contributed by atoms with Crippen LogP contribution in [-0.4, -0.2) is 48.0 Å². The van der Waals surface area contributed by atoms with Crippen molar-refractivity contribution in [1.82, 2.24) is 9.80 Å². The van der Waals surface area contributed by atoms with Gasteiger partial charge in [-0.1, -0.05) is 44.2 Å². The fourth-order valence-electron chi connectivity index (χ4n) is 3.03. The molecule has 0 unspecified atom stereocenters. The van der Waals surface area contributed by atoms with Crippen molar-refractivity contribution in [3.63, 3.8) is 0 Å². The van der Waals surface area contributed by atoms with E-state index in [1.54, 1.807) is 4.90 Å². The molecule has 0 spiro atoms. The number of carbonyl (C=O) groups excluding carboxylic acids is 2. The molecule has 1 fully saturated rings. The van der Waals surface area contributed by atoms with Gasteiger partial charge in [0, 0.05) is 32.1 Å². The van der Waals surface area contributed by atoms with Crippen LogP contribution in [0.25, 0.3) is 0 Å². The van der Waals surface area contributed by atoms with Gasteiger partial charge in [-0.05, 0) is 24.8 Å². The number of carbonyl (C=O) groups is 2. The highest BCUT2D eigenvalue weighted by Gasteiger charge is 2.26. The molecule has 0 N–H and O–H groups in total. The molecule has 24 heavy (non-hydrogen) atoms. The van der Waals surface area contributed by atoms with Crippen LogP contribution in [0.15, 0.2) is 30.3 Å². The van der Waals surface area contributed by atoms with Crippen LogP contribution in [-0.2, 0) is 16.1 Å². The predicted molar refractivity (Wildman–Crippen MR) is 93.5 cm³/mol. The van der Waals surface area contributed by atoms with E-state index < -0.39 is 0 Å². The number of rotatable bonds is 5. The topological polar surface area (TPSA) is 49.9 Å². The van der Waals surface area contributed by atoms with E-state index in [2.05, 4.69) is 13.8 Å². The number of nitrogens with zero attached hydrogens (tertiary/aromatic N) is 2. The Kier molecular flexibility index (Phi) is 7.09. The molecule has 0 aliphatic carbocycles. The molecule has 0 radical (unpaired) electrons. The van der Waals surface area contributed by atoms with Gasteiger partial charge in [0.15, 0.2) is 0 Å². The maximum absolute atomic E-state index is 12.5. The van der Waals surface area contributed by atoms with Gasteiger partial charge < -0.3 is 14.5 Å². The van der Waals surface area contributed by atoms with Crippen molar-refractivity contribution in [2.75, 3.05) is 26.2 Å². The average Bonchev–Trinajstić information content (AvgIpc) is 2.87. The van der Waals surface area contributed by atoms with Crippen LogP contribution in [0.4, 0.5) is 4.79 Å². The van der Waals surface area contributed by atoms with Crippen molar-refractivity contribution >= 4 is 12.0 Å². The van der Waals surface area contributed by atoms with Crippen molar-refractivity contribution in [2.45, 2.75) is 39.7 Å². The van der Waals surface area contributed by atoms with Gasteiger partial charge >= 0.3 is 6.09 Å². The summed E-state index contributed by atoms with van der Waals surface area (Å²) in [4.78, 5) is 28.4. The Morgan fingerprint density at radius 3 is 2.29 bits per heavy atom. The molecule has 1 aliphatic rings. The number of hydrogen-bond donors (Lipinski definition) is 0. The first-order valence-electron chi connectivity index (χ1n) is 8.90. The Balaban J connectivity index is 1.83. The monoisotopic (exact) mass is 332 g/mol. The van der Waals surface area contributed by atoms with Crippen molar-refractivity contribution in [1.29, 1.82) is 0 Å². The fraction of sp³-hybridized carbons (Fsp3) is 0.579. The third kappa shape index (κ3) is 4.98. The van der Waals surface area contributed by atoms with E-state index in [0.717, 1.165) is 31.4 Å². The van der Waals surface area contributed by atoms with Crippen molar-refractivity contribution in [2.24, 2.45) is 5.92 Å². The number of amides is 2. The van der Waals surface area contributed by atoms with Crippen LogP contribution < -0.4 is 0 Å². The highest BCUT2D eigenvalue weighted by Crippen LogP contribution is 2.15. The van der Waals surface area contributed by atoms with Gasteiger partial charge in [-0.15, -0.1) is 0 Å². The molecule has 5 heteroatoms. The molecular formula is C19H28N2O3. The number of hydrogen-bond acceptors (Lipinski definition) is 3. The first-order valence-corrected chi connectivity index (χ1v) is 8.90. The van der Waals surface area contributed by atoms with E-state index in [4.69, 9.17) is 4.74 Å². The first kappa shape index (κ1) is 18.3. The second-order valence-electron chi connectivity index (χ2n) is 6.22. The molecule has 0 aromatic heterocycles. The minimum absolute atomic E-state index is 0.0987. The van der Waals surface area contributed by atoms with Crippen LogP contribution in [0, 0.1) is 5.92 Å². The van der Waals surface area contributed by atoms with E-state index in [1.165, 1.54) is 0 Å². The summed E-state index contributed by atoms with van der Waals surface area (Å²) in [5, 5.41) is 0. The Labute approximate surface area is 144 Å². The Bertz CT molecular complexity index is 529. The summed E-state index contributed by atoms with van der Waals surface area (Å²) in [5.41, 5.74) is 0.978. The Hall–Kier alpha value is -2.04. The van der Waals surface area contributed by atoms with E-state index in [9.17, 15) is 9.59 Å². The molecule has 1 aromatic rings. The lowest BCUT2D eigenvalue weighted by molar-refractivity contribution is -0.135. The summed E-state index contributed by atoms with van der Waals surface area (Å²) in [6.45, 7) is 6.88. The standard InChI is InChI=1S/C19H28N2O3/c1-3-17(4-2)18(22)20-11-8-12-21(14-13-20)19(23)24-15-16-9-6-5-7-10-16/h5-7,9-10,17H,3-4,8,11-15H2,1-2H3. The zero-order chi connectivity index (χ0) is 17.4. The third-order valence-corrected chi connectivity index (χ3v) is 4.61. The van der Waals surface area contributed by atoms with E-state index in [1.807, 2.05) is 35.2 Å². The minimum Gasteiger partial charge on any atom is -0.445 e. The number of ether oxygens (including phenoxy) is 1. The summed E-state index contributed by atoms with van der Waals surface area (Å²) < 4.78 is 5.39. The summed E-state index contributed by atoms with van der Waals surface area (Å²) in [5.74, 6) is 0.320. The summed E-state index contributed by atoms with van der Waals surface area (Å²) in [6.07, 6.45) is 2.24. The summed E-state index contributed by atoms with van der Waals surface area (Å²) in [7, 11) is 0. The molecule has 1 heterocycles. The van der Waals surface area contributed by atoms with Crippen LogP contribution in [0.5, 0.6) is 0 Å². The van der Waals surface area contributed by atoms with Gasteiger partial charge in [-0.25, -0.2) is 4.79 Å². The maximum atomic E-state index is 12.5. The zero-order valence-corrected chi connectivity index (χ0v) is 14.7. The van der Waals surface area contributed by atoms with Crippen LogP contribution in [0.1, 0.15) is 38.7 Å². The normalized spacial score (nSPS) is 15.3. The SMILES string of the molecule is CCC(CC)C(=O)N1CCCN(C(=O)OCc2ccccc2)CC1. The van der Waals surface area contributed by atoms with Crippen molar-refractivity contribution in [3.05, 3.63) is 35.9 Å². The lowest BCUT2D eigenvalue weighted by atomic mass is 10.0. The molecule has 0 bridgehead atoms. The van der Waals surface area contributed by atoms with E-state index >= 15 is 0 Å². The quantitative estimate of drug-likeness (QED) is 0.831. The lowest BCUT2D eigenvalue weighted by Crippen LogP contribution is -2.40. The van der Waals surface area contributed by atoms with Crippen molar-refractivity contribution in [3.8, 4) is 0 Å². The fourth-order valence-corrected chi connectivity index (χ4v) is 3.03. The van der Waals surface area contributed by atoms with Gasteiger partial charge in [0.2, 0.25) is 5.91 Å². The lowest BCUT2D eigenvalue weighted by Gasteiger charge is -2.25. The summed E-state index contributed by atoms with van der Waals surface area (Å²) >= 11 is 0. The second kappa shape index (κ2) is 9.30. The highest BCUT2D eigenvalue weighted by molar-refractivity contribution is 5.79. The molecule has 0 saturated carbocycles. The van der Waals surface area contributed by atoms with Gasteiger partial charge in [0.25, 0.3) is 0 Å². The number of benzene rings is 1. The molecule has 2 rings (SSSR count). The molecule has 1 saturated heterocycles. The minimum atomic E-state index is -0.296. The smallest absolute Gasteiger partial charge is 0.410 e. The predicted octanol–water partition coefficient (Wildman–Crippen LogP) is 3.29. The van der Waals surface area contributed by atoms with Crippen LogP contribution in [0.2, 0.25) is 0 Å². The van der Waals surface area contributed by atoms with Gasteiger partial charge in [-0.3, -0.25) is 4.79 Å². The first-order chi connectivity index (χ1) is 11.7. The highest BCUT2D eigenvalue weighted by atomic mass is 16.6. The molecule has 2 amide bonds. The van der Waals surface area contributed by atoms with E-state index in [-0.39, 0.29) is 24.5 Å². The van der Waals surface area contributed by atoms with Gasteiger partial charge in [0.1, 0.15) is 6.61 Å². The second-order valence-corrected chi connectivity index (χ2v) is 6.22. The van der Waals surface area contributed by atoms with Crippen LogP contribution >= 0.6 is 0 Å². The molecule has 0 atom stereocenters. The molecule has 1 aliphatic heterocycles. The third-order valence-electron chi connectivity index (χ3n) is 4.61. The van der Waals surface area contributed by atoms with E-state index in [0.29, 0.717) is 19.6 Å². The molecule has 1 aromatic carbocycles. The Morgan fingerprint density at radius 1 is 1.00 bits per heavy atom. The molecule has 5 nitrogen and oxygen atoms in total. The molecular weight excluding hydrogens is 304 g/mol. The Morgan fingerprint density at radius 2 is 1.62 bits per heavy atom. The largest absolute Gasteiger partial charge is 0.445 e. The average molecular weight is 332 g/mol.